The summed E-state index contributed by atoms with van der Waals surface area (Å²) >= 11 is 0. The predicted molar refractivity (Wildman–Crippen MR) is 96.7 cm³/mol. The molecule has 0 radical (unpaired) electrons. The SMILES string of the molecule is O=C1NC2(CCCC2)C(=O)N(Cc2ccccc2)C1C1CCCCC1. The van der Waals surface area contributed by atoms with Gasteiger partial charge in [0.25, 0.3) is 0 Å². The van der Waals surface area contributed by atoms with Gasteiger partial charge in [-0.3, -0.25) is 9.59 Å². The number of nitrogens with one attached hydrogen (secondary N) is 1. The number of carbonyl (C=O) groups is 2. The maximum Gasteiger partial charge on any atom is 0.249 e. The summed E-state index contributed by atoms with van der Waals surface area (Å²) in [4.78, 5) is 28.5. The van der Waals surface area contributed by atoms with Gasteiger partial charge < -0.3 is 10.2 Å². The number of benzene rings is 1. The lowest BCUT2D eigenvalue weighted by molar-refractivity contribution is -0.158. The van der Waals surface area contributed by atoms with Crippen molar-refractivity contribution in [1.82, 2.24) is 10.2 Å². The molecule has 0 aromatic heterocycles. The van der Waals surface area contributed by atoms with Crippen molar-refractivity contribution in [2.24, 2.45) is 5.92 Å². The first-order valence-electron chi connectivity index (χ1n) is 9.87. The number of rotatable bonds is 3. The summed E-state index contributed by atoms with van der Waals surface area (Å²) in [6.45, 7) is 0.552. The molecule has 1 aromatic carbocycles. The second kappa shape index (κ2) is 6.81. The zero-order valence-corrected chi connectivity index (χ0v) is 14.9. The molecule has 3 fully saturated rings. The van der Waals surface area contributed by atoms with Crippen LogP contribution < -0.4 is 5.32 Å². The second-order valence-electron chi connectivity index (χ2n) is 8.04. The molecule has 4 heteroatoms. The van der Waals surface area contributed by atoms with Crippen LogP contribution in [0.25, 0.3) is 0 Å². The van der Waals surface area contributed by atoms with Gasteiger partial charge in [0.15, 0.2) is 0 Å². The zero-order chi connectivity index (χ0) is 17.3. The zero-order valence-electron chi connectivity index (χ0n) is 14.9. The van der Waals surface area contributed by atoms with Gasteiger partial charge in [0.1, 0.15) is 11.6 Å². The molecule has 1 N–H and O–H groups in total. The van der Waals surface area contributed by atoms with Crippen LogP contribution in [0.1, 0.15) is 63.4 Å². The van der Waals surface area contributed by atoms with Crippen LogP contribution in [0.15, 0.2) is 30.3 Å². The van der Waals surface area contributed by atoms with Crippen LogP contribution in [0, 0.1) is 5.92 Å². The molecule has 1 aromatic rings. The van der Waals surface area contributed by atoms with Gasteiger partial charge >= 0.3 is 0 Å². The van der Waals surface area contributed by atoms with E-state index in [1.165, 1.54) is 19.3 Å². The lowest BCUT2D eigenvalue weighted by atomic mass is 9.79. The fraction of sp³-hybridized carbons (Fsp3) is 0.619. The minimum absolute atomic E-state index is 0.0873. The third kappa shape index (κ3) is 3.07. The summed E-state index contributed by atoms with van der Waals surface area (Å²) in [7, 11) is 0. The fourth-order valence-corrected chi connectivity index (χ4v) is 5.09. The van der Waals surface area contributed by atoms with Gasteiger partial charge in [-0.05, 0) is 37.2 Å². The minimum Gasteiger partial charge on any atom is -0.340 e. The molecule has 0 bridgehead atoms. The van der Waals surface area contributed by atoms with Crippen LogP contribution in [0.3, 0.4) is 0 Å². The van der Waals surface area contributed by atoms with E-state index in [1.54, 1.807) is 0 Å². The van der Waals surface area contributed by atoms with E-state index < -0.39 is 5.54 Å². The Bertz CT molecular complexity index is 631. The van der Waals surface area contributed by atoms with Crippen molar-refractivity contribution in [2.75, 3.05) is 0 Å². The average molecular weight is 340 g/mol. The van der Waals surface area contributed by atoms with Gasteiger partial charge in [-0.1, -0.05) is 62.4 Å². The lowest BCUT2D eigenvalue weighted by Gasteiger charge is -2.47. The summed E-state index contributed by atoms with van der Waals surface area (Å²) in [5.74, 6) is 0.550. The third-order valence-corrected chi connectivity index (χ3v) is 6.39. The number of amides is 2. The van der Waals surface area contributed by atoms with E-state index in [4.69, 9.17) is 0 Å². The average Bonchev–Trinajstić information content (AvgIpc) is 3.10. The third-order valence-electron chi connectivity index (χ3n) is 6.39. The van der Waals surface area contributed by atoms with E-state index in [1.807, 2.05) is 23.1 Å². The molecule has 2 saturated carbocycles. The Balaban J connectivity index is 1.65. The second-order valence-corrected chi connectivity index (χ2v) is 8.04. The molecule has 1 heterocycles. The molecule has 1 atom stereocenters. The molecule has 25 heavy (non-hydrogen) atoms. The Kier molecular flexibility index (Phi) is 4.53. The predicted octanol–water partition coefficient (Wildman–Crippen LogP) is 3.41. The number of nitrogens with zero attached hydrogens (tertiary/aromatic N) is 1. The monoisotopic (exact) mass is 340 g/mol. The minimum atomic E-state index is -0.628. The molecule has 1 unspecified atom stereocenters. The van der Waals surface area contributed by atoms with Crippen LogP contribution in [0.2, 0.25) is 0 Å². The highest BCUT2D eigenvalue weighted by molar-refractivity contribution is 6.00. The van der Waals surface area contributed by atoms with Crippen molar-refractivity contribution < 1.29 is 9.59 Å². The van der Waals surface area contributed by atoms with E-state index in [2.05, 4.69) is 17.4 Å². The quantitative estimate of drug-likeness (QED) is 0.917. The smallest absolute Gasteiger partial charge is 0.249 e. The highest BCUT2D eigenvalue weighted by Crippen LogP contribution is 2.39. The van der Waals surface area contributed by atoms with Crippen LogP contribution >= 0.6 is 0 Å². The molecule has 134 valence electrons. The first kappa shape index (κ1) is 16.6. The van der Waals surface area contributed by atoms with E-state index in [9.17, 15) is 9.59 Å². The summed E-state index contributed by atoms with van der Waals surface area (Å²) in [5, 5.41) is 3.17. The molecule has 1 spiro atoms. The molecule has 4 nitrogen and oxygen atoms in total. The molecule has 4 rings (SSSR count). The van der Waals surface area contributed by atoms with Crippen molar-refractivity contribution in [3.63, 3.8) is 0 Å². The fourth-order valence-electron chi connectivity index (χ4n) is 5.09. The lowest BCUT2D eigenvalue weighted by Crippen LogP contribution is -2.70. The molecule has 2 amide bonds. The number of hydrogen-bond donors (Lipinski definition) is 1. The molecule has 2 aliphatic carbocycles. The Morgan fingerprint density at radius 2 is 1.64 bits per heavy atom. The normalized spacial score (nSPS) is 26.9. The molecular weight excluding hydrogens is 312 g/mol. The van der Waals surface area contributed by atoms with Crippen molar-refractivity contribution in [3.8, 4) is 0 Å². The van der Waals surface area contributed by atoms with Crippen molar-refractivity contribution in [2.45, 2.75) is 75.9 Å². The van der Waals surface area contributed by atoms with Crippen molar-refractivity contribution >= 4 is 11.8 Å². The molecule has 1 aliphatic heterocycles. The highest BCUT2D eigenvalue weighted by Gasteiger charge is 2.53. The summed E-state index contributed by atoms with van der Waals surface area (Å²) in [5.41, 5.74) is 0.483. The van der Waals surface area contributed by atoms with Crippen LogP contribution in [-0.4, -0.2) is 28.3 Å². The number of hydrogen-bond acceptors (Lipinski definition) is 2. The number of carbonyl (C=O) groups excluding carboxylic acids is 2. The van der Waals surface area contributed by atoms with E-state index >= 15 is 0 Å². The van der Waals surface area contributed by atoms with E-state index in [0.29, 0.717) is 12.5 Å². The van der Waals surface area contributed by atoms with Gasteiger partial charge in [0.05, 0.1) is 0 Å². The first-order chi connectivity index (χ1) is 12.2. The number of piperazine rings is 1. The summed E-state index contributed by atoms with van der Waals surface area (Å²) in [6, 6.07) is 9.82. The largest absolute Gasteiger partial charge is 0.340 e. The van der Waals surface area contributed by atoms with Gasteiger partial charge in [-0.2, -0.15) is 0 Å². The maximum atomic E-state index is 13.5. The highest BCUT2D eigenvalue weighted by atomic mass is 16.2. The Hall–Kier alpha value is -1.84. The molecule has 3 aliphatic rings. The molecular formula is C21H28N2O2. The van der Waals surface area contributed by atoms with Gasteiger partial charge in [-0.25, -0.2) is 0 Å². The van der Waals surface area contributed by atoms with Crippen LogP contribution in [0.4, 0.5) is 0 Å². The maximum absolute atomic E-state index is 13.5. The Morgan fingerprint density at radius 3 is 2.32 bits per heavy atom. The van der Waals surface area contributed by atoms with E-state index in [0.717, 1.165) is 44.1 Å². The van der Waals surface area contributed by atoms with E-state index in [-0.39, 0.29) is 17.9 Å². The summed E-state index contributed by atoms with van der Waals surface area (Å²) < 4.78 is 0. The van der Waals surface area contributed by atoms with Gasteiger partial charge in [0, 0.05) is 6.54 Å². The van der Waals surface area contributed by atoms with Gasteiger partial charge in [0.2, 0.25) is 11.8 Å². The van der Waals surface area contributed by atoms with Gasteiger partial charge in [-0.15, -0.1) is 0 Å². The van der Waals surface area contributed by atoms with Crippen molar-refractivity contribution in [3.05, 3.63) is 35.9 Å². The van der Waals surface area contributed by atoms with Crippen LogP contribution in [-0.2, 0) is 16.1 Å². The van der Waals surface area contributed by atoms with Crippen LogP contribution in [0.5, 0.6) is 0 Å². The summed E-state index contributed by atoms with van der Waals surface area (Å²) in [6.07, 6.45) is 9.35. The Labute approximate surface area is 150 Å². The topological polar surface area (TPSA) is 49.4 Å². The Morgan fingerprint density at radius 1 is 0.960 bits per heavy atom. The molecule has 1 saturated heterocycles. The van der Waals surface area contributed by atoms with Crippen molar-refractivity contribution in [1.29, 1.82) is 0 Å². The standard InChI is InChI=1S/C21H28N2O2/c24-19-18(17-11-5-2-6-12-17)23(15-16-9-3-1-4-10-16)20(25)21(22-19)13-7-8-14-21/h1,3-4,9-10,17-18H,2,5-8,11-15H2,(H,22,24). The first-order valence-corrected chi connectivity index (χ1v) is 9.87.